The lowest BCUT2D eigenvalue weighted by Gasteiger charge is -2.21. The standard InChI is InChI=1S/C33H39N7O7S/c1-7-39(8-2)23-14-12-22(13-15-23)36-30(32(42)37-27-20-24(48(44,45)34-4)16-17-28(27)47-6)31-38-29-25(33(43)40(31)18-19-46-5)10-9-11-26(29)35-21(3)41/h9-17,20,34H,7-8,18-19H2,1-6H3,(H,35,41)(H,37,42)/b36-30-. The smallest absolute Gasteiger partial charge is 0.278 e. The molecular formula is C33H39N7O7S. The summed E-state index contributed by atoms with van der Waals surface area (Å²) >= 11 is 0. The molecule has 14 nitrogen and oxygen atoms in total. The number of amides is 2. The van der Waals surface area contributed by atoms with Gasteiger partial charge in [0.25, 0.3) is 11.5 Å². The summed E-state index contributed by atoms with van der Waals surface area (Å²) in [5.74, 6) is -1.12. The van der Waals surface area contributed by atoms with E-state index in [1.165, 1.54) is 51.0 Å². The number of fused-ring (bicyclic) bond motifs is 1. The monoisotopic (exact) mass is 677 g/mol. The third-order valence-electron chi connectivity index (χ3n) is 7.46. The molecule has 3 N–H and O–H groups in total. The summed E-state index contributed by atoms with van der Waals surface area (Å²) in [5, 5.41) is 5.61. The molecule has 0 saturated heterocycles. The Balaban J connectivity index is 1.99. The largest absolute Gasteiger partial charge is 0.495 e. The zero-order chi connectivity index (χ0) is 35.0. The summed E-state index contributed by atoms with van der Waals surface area (Å²) in [5.41, 5.74) is 1.05. The molecule has 2 amide bonds. The number of methoxy groups -OCH3 is 2. The van der Waals surface area contributed by atoms with E-state index >= 15 is 0 Å². The number of benzene rings is 3. The number of hydrogen-bond donors (Lipinski definition) is 3. The van der Waals surface area contributed by atoms with Crippen LogP contribution < -0.4 is 30.6 Å². The average Bonchev–Trinajstić information content (AvgIpc) is 3.08. The number of sulfonamides is 1. The summed E-state index contributed by atoms with van der Waals surface area (Å²) in [7, 11) is 0.248. The molecule has 0 radical (unpaired) electrons. The molecule has 48 heavy (non-hydrogen) atoms. The van der Waals surface area contributed by atoms with E-state index in [1.807, 2.05) is 26.0 Å². The lowest BCUT2D eigenvalue weighted by Crippen LogP contribution is -2.35. The molecule has 0 atom stereocenters. The minimum atomic E-state index is -3.88. The molecule has 0 unspecified atom stereocenters. The molecule has 254 valence electrons. The van der Waals surface area contributed by atoms with Crippen LogP contribution in [0.25, 0.3) is 10.9 Å². The van der Waals surface area contributed by atoms with Crippen LogP contribution in [0.15, 0.2) is 75.3 Å². The van der Waals surface area contributed by atoms with E-state index in [9.17, 15) is 22.8 Å². The first kappa shape index (κ1) is 35.7. The molecule has 4 rings (SSSR count). The molecule has 1 aromatic heterocycles. The van der Waals surface area contributed by atoms with Crippen LogP contribution in [0.4, 0.5) is 22.7 Å². The summed E-state index contributed by atoms with van der Waals surface area (Å²) < 4.78 is 39.4. The van der Waals surface area contributed by atoms with Gasteiger partial charge >= 0.3 is 0 Å². The van der Waals surface area contributed by atoms with E-state index in [0.717, 1.165) is 18.8 Å². The topological polar surface area (TPSA) is 173 Å². The maximum Gasteiger partial charge on any atom is 0.278 e. The van der Waals surface area contributed by atoms with Gasteiger partial charge in [-0.2, -0.15) is 0 Å². The zero-order valence-corrected chi connectivity index (χ0v) is 28.5. The Kier molecular flexibility index (Phi) is 11.6. The van der Waals surface area contributed by atoms with Crippen molar-refractivity contribution in [2.45, 2.75) is 32.2 Å². The van der Waals surface area contributed by atoms with Gasteiger partial charge in [-0.25, -0.2) is 23.1 Å². The number of rotatable bonds is 14. The molecular weight excluding hydrogens is 638 g/mol. The van der Waals surface area contributed by atoms with Crippen LogP contribution >= 0.6 is 0 Å². The average molecular weight is 678 g/mol. The van der Waals surface area contributed by atoms with E-state index in [1.54, 1.807) is 30.3 Å². The maximum atomic E-state index is 14.3. The van der Waals surface area contributed by atoms with Gasteiger partial charge in [0.05, 0.1) is 47.6 Å². The first-order chi connectivity index (χ1) is 23.0. The number of para-hydroxylation sites is 1. The Morgan fingerprint density at radius 3 is 2.29 bits per heavy atom. The van der Waals surface area contributed by atoms with Crippen molar-refractivity contribution < 1.29 is 27.5 Å². The number of carbonyl (C=O) groups excluding carboxylic acids is 2. The van der Waals surface area contributed by atoms with Crippen molar-refractivity contribution in [1.82, 2.24) is 14.3 Å². The van der Waals surface area contributed by atoms with Gasteiger partial charge in [0, 0.05) is 32.8 Å². The molecule has 15 heteroatoms. The summed E-state index contributed by atoms with van der Waals surface area (Å²) in [6.45, 7) is 7.13. The molecule has 0 aliphatic heterocycles. The molecule has 0 fully saturated rings. The molecule has 0 aliphatic rings. The third kappa shape index (κ3) is 7.87. The predicted molar refractivity (Wildman–Crippen MR) is 186 cm³/mol. The number of aliphatic imine (C=N–C) groups is 1. The number of anilines is 3. The number of hydrogen-bond acceptors (Lipinski definition) is 10. The lowest BCUT2D eigenvalue weighted by molar-refractivity contribution is -0.114. The maximum absolute atomic E-state index is 14.3. The highest BCUT2D eigenvalue weighted by molar-refractivity contribution is 7.89. The van der Waals surface area contributed by atoms with E-state index < -0.39 is 21.5 Å². The van der Waals surface area contributed by atoms with Gasteiger partial charge in [-0.05, 0) is 75.5 Å². The van der Waals surface area contributed by atoms with Crippen molar-refractivity contribution >= 4 is 61.2 Å². The quantitative estimate of drug-likeness (QED) is 0.169. The van der Waals surface area contributed by atoms with Crippen molar-refractivity contribution in [1.29, 1.82) is 0 Å². The second-order valence-corrected chi connectivity index (χ2v) is 12.3. The van der Waals surface area contributed by atoms with Gasteiger partial charge < -0.3 is 25.0 Å². The van der Waals surface area contributed by atoms with Crippen LogP contribution in [0.5, 0.6) is 5.75 Å². The van der Waals surface area contributed by atoms with Crippen LogP contribution in [0.3, 0.4) is 0 Å². The summed E-state index contributed by atoms with van der Waals surface area (Å²) in [6.07, 6.45) is 0. The molecule has 1 heterocycles. The van der Waals surface area contributed by atoms with Crippen molar-refractivity contribution in [2.75, 3.05) is 56.5 Å². The fraction of sp³-hybridized carbons (Fsp3) is 0.303. The zero-order valence-electron chi connectivity index (χ0n) is 27.7. The van der Waals surface area contributed by atoms with Crippen molar-refractivity contribution in [3.05, 3.63) is 76.8 Å². The van der Waals surface area contributed by atoms with Crippen LogP contribution in [0.1, 0.15) is 26.6 Å². The van der Waals surface area contributed by atoms with Gasteiger partial charge in [0.15, 0.2) is 11.5 Å². The first-order valence-corrected chi connectivity index (χ1v) is 16.6. The van der Waals surface area contributed by atoms with E-state index in [2.05, 4.69) is 20.3 Å². The highest BCUT2D eigenvalue weighted by Gasteiger charge is 2.25. The van der Waals surface area contributed by atoms with Gasteiger partial charge in [-0.1, -0.05) is 6.07 Å². The molecule has 0 bridgehead atoms. The Morgan fingerprint density at radius 1 is 0.979 bits per heavy atom. The van der Waals surface area contributed by atoms with Gasteiger partial charge in [0.1, 0.15) is 11.3 Å². The second-order valence-electron chi connectivity index (χ2n) is 10.4. The highest BCUT2D eigenvalue weighted by Crippen LogP contribution is 2.29. The lowest BCUT2D eigenvalue weighted by atomic mass is 10.1. The fourth-order valence-corrected chi connectivity index (χ4v) is 5.77. The number of nitrogens with zero attached hydrogens (tertiary/aromatic N) is 4. The molecule has 0 spiro atoms. The van der Waals surface area contributed by atoms with Crippen LogP contribution in [0, 0.1) is 0 Å². The molecule has 3 aromatic carbocycles. The Hall–Kier alpha value is -5.12. The van der Waals surface area contributed by atoms with E-state index in [4.69, 9.17) is 19.5 Å². The Bertz CT molecular complexity index is 2010. The predicted octanol–water partition coefficient (Wildman–Crippen LogP) is 3.52. The highest BCUT2D eigenvalue weighted by atomic mass is 32.2. The number of aromatic nitrogens is 2. The summed E-state index contributed by atoms with van der Waals surface area (Å²) in [4.78, 5) is 51.8. The minimum Gasteiger partial charge on any atom is -0.495 e. The van der Waals surface area contributed by atoms with Crippen molar-refractivity contribution in [2.24, 2.45) is 4.99 Å². The van der Waals surface area contributed by atoms with E-state index in [-0.39, 0.29) is 63.5 Å². The van der Waals surface area contributed by atoms with Gasteiger partial charge in [-0.3, -0.25) is 19.0 Å². The van der Waals surface area contributed by atoms with Crippen LogP contribution in [-0.2, 0) is 30.9 Å². The summed E-state index contributed by atoms with van der Waals surface area (Å²) in [6, 6.07) is 16.0. The number of nitrogens with one attached hydrogen (secondary N) is 3. The third-order valence-corrected chi connectivity index (χ3v) is 8.87. The number of carbonyl (C=O) groups is 2. The van der Waals surface area contributed by atoms with Crippen molar-refractivity contribution in [3.63, 3.8) is 0 Å². The minimum absolute atomic E-state index is 0.0182. The SMILES string of the molecule is CCN(CC)c1ccc(/N=C(\C(=O)Nc2cc(S(=O)(=O)NC)ccc2OC)c2nc3c(NC(C)=O)cccc3c(=O)n2CCOC)cc1. The Labute approximate surface area is 278 Å². The van der Waals surface area contributed by atoms with Crippen molar-refractivity contribution in [3.8, 4) is 5.75 Å². The second kappa shape index (κ2) is 15.6. The number of ether oxygens (including phenoxy) is 2. The molecule has 0 aliphatic carbocycles. The normalized spacial score (nSPS) is 11.8. The van der Waals surface area contributed by atoms with Crippen LogP contribution in [0.2, 0.25) is 0 Å². The van der Waals surface area contributed by atoms with Gasteiger partial charge in [-0.15, -0.1) is 0 Å². The Morgan fingerprint density at radius 2 is 1.69 bits per heavy atom. The molecule has 0 saturated carbocycles. The first-order valence-electron chi connectivity index (χ1n) is 15.1. The van der Waals surface area contributed by atoms with E-state index in [0.29, 0.717) is 5.69 Å². The fourth-order valence-electron chi connectivity index (χ4n) is 5.02. The van der Waals surface area contributed by atoms with Gasteiger partial charge in [0.2, 0.25) is 15.9 Å². The van der Waals surface area contributed by atoms with Crippen LogP contribution in [-0.4, -0.2) is 76.5 Å². The molecule has 4 aromatic rings.